The molecule has 3 atom stereocenters. The molecule has 0 amide bonds. The summed E-state index contributed by atoms with van der Waals surface area (Å²) in [5, 5.41) is 0. The van der Waals surface area contributed by atoms with Crippen LogP contribution in [0.5, 0.6) is 0 Å². The lowest BCUT2D eigenvalue weighted by Crippen LogP contribution is -2.20. The van der Waals surface area contributed by atoms with Crippen LogP contribution in [-0.4, -0.2) is 0 Å². The highest BCUT2D eigenvalue weighted by molar-refractivity contribution is 9.10. The van der Waals surface area contributed by atoms with Crippen molar-refractivity contribution in [3.63, 3.8) is 0 Å². The number of halogens is 1. The van der Waals surface area contributed by atoms with E-state index in [9.17, 15) is 0 Å². The first-order valence-corrected chi connectivity index (χ1v) is 6.03. The molecule has 0 bridgehead atoms. The van der Waals surface area contributed by atoms with Gasteiger partial charge in [-0.05, 0) is 59.0 Å². The zero-order valence-corrected chi connectivity index (χ0v) is 9.53. The molecule has 14 heavy (non-hydrogen) atoms. The normalized spacial score (nSPS) is 36.9. The average Bonchev–Trinajstić information content (AvgIpc) is 2.64. The summed E-state index contributed by atoms with van der Waals surface area (Å²) in [6, 6.07) is 2.01. The third kappa shape index (κ3) is 1.34. The van der Waals surface area contributed by atoms with Gasteiger partial charge in [0, 0.05) is 0 Å². The predicted octanol–water partition coefficient (Wildman–Crippen LogP) is 3.09. The van der Waals surface area contributed by atoms with Gasteiger partial charge in [0.1, 0.15) is 5.76 Å². The Morgan fingerprint density at radius 1 is 1.36 bits per heavy atom. The molecule has 1 aromatic heterocycles. The van der Waals surface area contributed by atoms with Gasteiger partial charge in [0.2, 0.25) is 0 Å². The van der Waals surface area contributed by atoms with Gasteiger partial charge in [-0.15, -0.1) is 0 Å². The van der Waals surface area contributed by atoms with Gasteiger partial charge in [-0.25, -0.2) is 0 Å². The maximum Gasteiger partial charge on any atom is 0.134 e. The lowest BCUT2D eigenvalue weighted by atomic mass is 9.93. The van der Waals surface area contributed by atoms with Crippen LogP contribution in [0.3, 0.4) is 0 Å². The van der Waals surface area contributed by atoms with E-state index in [0.29, 0.717) is 5.92 Å². The van der Waals surface area contributed by atoms with Crippen molar-refractivity contribution in [2.24, 2.45) is 23.5 Å². The van der Waals surface area contributed by atoms with Crippen molar-refractivity contribution >= 4 is 15.9 Å². The Labute approximate surface area is 92.0 Å². The van der Waals surface area contributed by atoms with Gasteiger partial charge in [-0.1, -0.05) is 0 Å². The van der Waals surface area contributed by atoms with Gasteiger partial charge < -0.3 is 10.2 Å². The van der Waals surface area contributed by atoms with Crippen LogP contribution < -0.4 is 5.73 Å². The first kappa shape index (κ1) is 8.98. The third-order valence-corrected chi connectivity index (χ3v) is 4.39. The molecule has 0 aromatic carbocycles. The van der Waals surface area contributed by atoms with E-state index in [1.165, 1.54) is 19.3 Å². The molecule has 2 aliphatic carbocycles. The Morgan fingerprint density at radius 3 is 2.64 bits per heavy atom. The molecule has 3 unspecified atom stereocenters. The van der Waals surface area contributed by atoms with Crippen LogP contribution >= 0.6 is 15.9 Å². The molecule has 1 heterocycles. The van der Waals surface area contributed by atoms with Gasteiger partial charge in [0.15, 0.2) is 0 Å². The van der Waals surface area contributed by atoms with Crippen molar-refractivity contribution in [2.45, 2.75) is 25.3 Å². The largest absolute Gasteiger partial charge is 0.466 e. The van der Waals surface area contributed by atoms with Gasteiger partial charge in [0.05, 0.1) is 16.8 Å². The van der Waals surface area contributed by atoms with Crippen molar-refractivity contribution in [1.82, 2.24) is 0 Å². The van der Waals surface area contributed by atoms with E-state index in [1.54, 1.807) is 6.26 Å². The van der Waals surface area contributed by atoms with Crippen LogP contribution in [0.2, 0.25) is 0 Å². The topological polar surface area (TPSA) is 39.2 Å². The van der Waals surface area contributed by atoms with Crippen LogP contribution in [0.1, 0.15) is 31.1 Å². The molecule has 0 saturated heterocycles. The average molecular weight is 256 g/mol. The monoisotopic (exact) mass is 255 g/mol. The third-order valence-electron chi connectivity index (χ3n) is 3.74. The summed E-state index contributed by atoms with van der Waals surface area (Å²) >= 11 is 3.47. The van der Waals surface area contributed by atoms with Crippen molar-refractivity contribution in [3.8, 4) is 0 Å². The van der Waals surface area contributed by atoms with Gasteiger partial charge in [-0.3, -0.25) is 0 Å². The van der Waals surface area contributed by atoms with Gasteiger partial charge in [-0.2, -0.15) is 0 Å². The molecule has 0 spiro atoms. The summed E-state index contributed by atoms with van der Waals surface area (Å²) in [5.74, 6) is 3.54. The quantitative estimate of drug-likeness (QED) is 0.883. The second-order valence-electron chi connectivity index (χ2n) is 4.65. The minimum atomic E-state index is 0.0900. The number of furan rings is 1. The second-order valence-corrected chi connectivity index (χ2v) is 5.50. The highest BCUT2D eigenvalue weighted by Crippen LogP contribution is 2.57. The highest BCUT2D eigenvalue weighted by Gasteiger charge is 2.48. The number of rotatable bonds is 2. The Balaban J connectivity index is 1.76. The smallest absolute Gasteiger partial charge is 0.134 e. The van der Waals surface area contributed by atoms with E-state index < -0.39 is 0 Å². The fourth-order valence-electron chi connectivity index (χ4n) is 2.81. The zero-order chi connectivity index (χ0) is 9.71. The highest BCUT2D eigenvalue weighted by atomic mass is 79.9. The molecule has 2 nitrogen and oxygen atoms in total. The summed E-state index contributed by atoms with van der Waals surface area (Å²) in [6.45, 7) is 0. The minimum Gasteiger partial charge on any atom is -0.466 e. The Kier molecular flexibility index (Phi) is 1.99. The number of hydrogen-bond acceptors (Lipinski definition) is 2. The van der Waals surface area contributed by atoms with Gasteiger partial charge >= 0.3 is 0 Å². The number of hydrogen-bond donors (Lipinski definition) is 1. The number of fused-ring (bicyclic) bond motifs is 1. The van der Waals surface area contributed by atoms with Crippen LogP contribution in [0, 0.1) is 17.8 Å². The molecule has 2 saturated carbocycles. The summed E-state index contributed by atoms with van der Waals surface area (Å²) in [5.41, 5.74) is 6.20. The second kappa shape index (κ2) is 3.11. The van der Waals surface area contributed by atoms with E-state index in [2.05, 4.69) is 15.9 Å². The van der Waals surface area contributed by atoms with E-state index in [4.69, 9.17) is 10.2 Å². The molecule has 3 rings (SSSR count). The molecule has 2 aliphatic rings. The molecule has 0 aliphatic heterocycles. The first-order valence-electron chi connectivity index (χ1n) is 5.24. The summed E-state index contributed by atoms with van der Waals surface area (Å²) in [4.78, 5) is 0. The van der Waals surface area contributed by atoms with Crippen LogP contribution in [0.25, 0.3) is 0 Å². The van der Waals surface area contributed by atoms with Crippen LogP contribution in [0.15, 0.2) is 21.2 Å². The lowest BCUT2D eigenvalue weighted by molar-refractivity contribution is 0.345. The van der Waals surface area contributed by atoms with E-state index in [1.807, 2.05) is 6.07 Å². The molecule has 2 fully saturated rings. The fraction of sp³-hybridized carbons (Fsp3) is 0.636. The molecule has 3 heteroatoms. The van der Waals surface area contributed by atoms with Crippen molar-refractivity contribution in [2.75, 3.05) is 0 Å². The summed E-state index contributed by atoms with van der Waals surface area (Å²) in [7, 11) is 0. The molecule has 0 radical (unpaired) electrons. The van der Waals surface area contributed by atoms with Crippen LogP contribution in [-0.2, 0) is 0 Å². The van der Waals surface area contributed by atoms with Crippen molar-refractivity contribution < 1.29 is 4.42 Å². The first-order chi connectivity index (χ1) is 6.75. The SMILES string of the molecule is NC(c1occc1Br)C1CC2CC2C1. The van der Waals surface area contributed by atoms with Crippen LogP contribution in [0.4, 0.5) is 0 Å². The molecular weight excluding hydrogens is 242 g/mol. The molecule has 2 N–H and O–H groups in total. The van der Waals surface area contributed by atoms with E-state index in [-0.39, 0.29) is 6.04 Å². The van der Waals surface area contributed by atoms with Crippen molar-refractivity contribution in [3.05, 3.63) is 22.6 Å². The molecule has 1 aromatic rings. The summed E-state index contributed by atoms with van der Waals surface area (Å²) in [6.07, 6.45) is 5.76. The standard InChI is InChI=1S/C11H14BrNO/c12-9-1-2-14-11(9)10(13)8-4-6-3-7(6)5-8/h1-2,6-8,10H,3-5,13H2. The molecule has 76 valence electrons. The van der Waals surface area contributed by atoms with E-state index in [0.717, 1.165) is 22.1 Å². The minimum absolute atomic E-state index is 0.0900. The Hall–Kier alpha value is -0.280. The maximum atomic E-state index is 6.20. The Morgan fingerprint density at radius 2 is 2.07 bits per heavy atom. The van der Waals surface area contributed by atoms with Gasteiger partial charge in [0.25, 0.3) is 0 Å². The predicted molar refractivity (Wildman–Crippen MR) is 57.7 cm³/mol. The lowest BCUT2D eigenvalue weighted by Gasteiger charge is -2.18. The fourth-order valence-corrected chi connectivity index (χ4v) is 3.28. The maximum absolute atomic E-state index is 6.20. The summed E-state index contributed by atoms with van der Waals surface area (Å²) < 4.78 is 6.44. The molecular formula is C11H14BrNO. The zero-order valence-electron chi connectivity index (χ0n) is 7.95. The van der Waals surface area contributed by atoms with Crippen molar-refractivity contribution in [1.29, 1.82) is 0 Å². The number of nitrogens with two attached hydrogens (primary N) is 1. The van der Waals surface area contributed by atoms with E-state index >= 15 is 0 Å². The Bertz CT molecular complexity index is 339.